The van der Waals surface area contributed by atoms with E-state index < -0.39 is 4.92 Å². The molecule has 5 nitrogen and oxygen atoms in total. The summed E-state index contributed by atoms with van der Waals surface area (Å²) in [6.07, 6.45) is 1.53. The zero-order valence-electron chi connectivity index (χ0n) is 7.20. The maximum atomic E-state index is 10.5. The van der Waals surface area contributed by atoms with E-state index in [2.05, 4.69) is 4.98 Å². The molecule has 2 rings (SSSR count). The molecule has 74 valence electrons. The summed E-state index contributed by atoms with van der Waals surface area (Å²) in [5, 5.41) is 10.5. The van der Waals surface area contributed by atoms with Crippen molar-refractivity contribution in [3.63, 3.8) is 0 Å². The first-order valence-electron chi connectivity index (χ1n) is 4.15. The number of hydrogen-bond donors (Lipinski definition) is 0. The molecule has 0 spiro atoms. The quantitative estimate of drug-likeness (QED) is 0.530. The lowest BCUT2D eigenvalue weighted by Crippen LogP contribution is -2.11. The van der Waals surface area contributed by atoms with Crippen LogP contribution in [0.15, 0.2) is 6.07 Å². The fourth-order valence-electron chi connectivity index (χ4n) is 1.35. The van der Waals surface area contributed by atoms with Crippen molar-refractivity contribution in [3.05, 3.63) is 26.9 Å². The molecular formula is C8H7ClN2O3. The average Bonchev–Trinajstić information content (AvgIpc) is 2.16. The van der Waals surface area contributed by atoms with E-state index in [9.17, 15) is 10.1 Å². The summed E-state index contributed by atoms with van der Waals surface area (Å²) in [6, 6.07) is 1.46. The first kappa shape index (κ1) is 9.21. The molecule has 2 heterocycles. The number of nitrogens with zero attached hydrogens (tertiary/aromatic N) is 2. The third-order valence-electron chi connectivity index (χ3n) is 1.99. The summed E-state index contributed by atoms with van der Waals surface area (Å²) in [5.74, 6) is 0.266. The number of nitro groups is 1. The molecule has 0 radical (unpaired) electrons. The number of aryl methyl sites for hydroxylation is 1. The van der Waals surface area contributed by atoms with E-state index in [1.165, 1.54) is 6.07 Å². The van der Waals surface area contributed by atoms with Crippen LogP contribution in [0, 0.1) is 10.1 Å². The Morgan fingerprint density at radius 3 is 3.14 bits per heavy atom. The molecule has 1 aromatic heterocycles. The predicted octanol–water partition coefficient (Wildman–Crippen LogP) is 1.97. The molecule has 0 unspecified atom stereocenters. The summed E-state index contributed by atoms with van der Waals surface area (Å²) in [7, 11) is 0. The Balaban J connectivity index is 2.50. The topological polar surface area (TPSA) is 65.3 Å². The highest BCUT2D eigenvalue weighted by Gasteiger charge is 2.23. The van der Waals surface area contributed by atoms with E-state index >= 15 is 0 Å². The predicted molar refractivity (Wildman–Crippen MR) is 49.7 cm³/mol. The summed E-state index contributed by atoms with van der Waals surface area (Å²) in [4.78, 5) is 13.8. The second-order valence-corrected chi connectivity index (χ2v) is 3.35. The maximum absolute atomic E-state index is 10.5. The lowest BCUT2D eigenvalue weighted by molar-refractivity contribution is -0.389. The molecule has 14 heavy (non-hydrogen) atoms. The van der Waals surface area contributed by atoms with E-state index in [-0.39, 0.29) is 10.8 Å². The van der Waals surface area contributed by atoms with Gasteiger partial charge in [-0.25, -0.2) is 0 Å². The van der Waals surface area contributed by atoms with Crippen molar-refractivity contribution in [2.24, 2.45) is 0 Å². The fourth-order valence-corrected chi connectivity index (χ4v) is 1.56. The first-order chi connectivity index (χ1) is 6.68. The van der Waals surface area contributed by atoms with Crippen LogP contribution < -0.4 is 4.74 Å². The van der Waals surface area contributed by atoms with Crippen LogP contribution in [0.2, 0.25) is 5.02 Å². The molecule has 1 aliphatic heterocycles. The average molecular weight is 215 g/mol. The van der Waals surface area contributed by atoms with Gasteiger partial charge in [0.05, 0.1) is 6.61 Å². The highest BCUT2D eigenvalue weighted by atomic mass is 35.5. The van der Waals surface area contributed by atoms with E-state index in [1.807, 2.05) is 0 Å². The number of ether oxygens (including phenoxy) is 1. The molecule has 0 saturated heterocycles. The van der Waals surface area contributed by atoms with Crippen LogP contribution in [0.4, 0.5) is 5.82 Å². The monoisotopic (exact) mass is 214 g/mol. The van der Waals surface area contributed by atoms with Gasteiger partial charge < -0.3 is 14.9 Å². The Labute approximate surface area is 84.8 Å². The van der Waals surface area contributed by atoms with Gasteiger partial charge in [-0.15, -0.1) is 0 Å². The van der Waals surface area contributed by atoms with Gasteiger partial charge in [0.25, 0.3) is 0 Å². The van der Waals surface area contributed by atoms with Crippen LogP contribution in [-0.4, -0.2) is 16.5 Å². The van der Waals surface area contributed by atoms with Crippen molar-refractivity contribution in [2.45, 2.75) is 12.8 Å². The Bertz CT molecular complexity index is 394. The van der Waals surface area contributed by atoms with Crippen molar-refractivity contribution >= 4 is 17.4 Å². The Hall–Kier alpha value is -1.36. The number of pyridine rings is 1. The second-order valence-electron chi connectivity index (χ2n) is 2.95. The van der Waals surface area contributed by atoms with Gasteiger partial charge in [-0.05, 0) is 16.3 Å². The molecule has 0 fully saturated rings. The zero-order chi connectivity index (χ0) is 10.1. The number of aromatic nitrogens is 1. The minimum Gasteiger partial charge on any atom is -0.489 e. The van der Waals surface area contributed by atoms with Crippen molar-refractivity contribution in [1.29, 1.82) is 0 Å². The number of hydrogen-bond acceptors (Lipinski definition) is 4. The van der Waals surface area contributed by atoms with Crippen molar-refractivity contribution in [1.82, 2.24) is 4.98 Å². The second kappa shape index (κ2) is 3.42. The molecule has 0 aromatic carbocycles. The van der Waals surface area contributed by atoms with Gasteiger partial charge in [0.1, 0.15) is 5.02 Å². The van der Waals surface area contributed by atoms with Gasteiger partial charge in [-0.3, -0.25) is 0 Å². The molecule has 0 amide bonds. The number of halogens is 1. The van der Waals surface area contributed by atoms with Crippen LogP contribution >= 0.6 is 11.6 Å². The summed E-state index contributed by atoms with van der Waals surface area (Å²) < 4.78 is 5.27. The lowest BCUT2D eigenvalue weighted by atomic mass is 10.1. The molecule has 0 bridgehead atoms. The van der Waals surface area contributed by atoms with E-state index in [1.54, 1.807) is 0 Å². The smallest absolute Gasteiger partial charge is 0.382 e. The van der Waals surface area contributed by atoms with E-state index in [0.717, 1.165) is 6.42 Å². The largest absolute Gasteiger partial charge is 0.489 e. The first-order valence-corrected chi connectivity index (χ1v) is 4.53. The van der Waals surface area contributed by atoms with Gasteiger partial charge in [-0.1, -0.05) is 11.6 Å². The minimum absolute atomic E-state index is 0.0238. The van der Waals surface area contributed by atoms with E-state index in [4.69, 9.17) is 16.3 Å². The fraction of sp³-hybridized carbons (Fsp3) is 0.375. The normalized spacial score (nSPS) is 14.4. The van der Waals surface area contributed by atoms with Crippen LogP contribution in [0.25, 0.3) is 0 Å². The van der Waals surface area contributed by atoms with Gasteiger partial charge in [0.2, 0.25) is 0 Å². The molecule has 0 saturated carbocycles. The van der Waals surface area contributed by atoms with Crippen molar-refractivity contribution in [2.75, 3.05) is 6.61 Å². The maximum Gasteiger partial charge on any atom is 0.382 e. The van der Waals surface area contributed by atoms with Crippen LogP contribution in [-0.2, 0) is 6.42 Å². The van der Waals surface area contributed by atoms with Gasteiger partial charge in [0, 0.05) is 12.5 Å². The molecular weight excluding hydrogens is 208 g/mol. The molecule has 0 aliphatic carbocycles. The van der Waals surface area contributed by atoms with Gasteiger partial charge >= 0.3 is 5.82 Å². The molecule has 0 atom stereocenters. The minimum atomic E-state index is -0.586. The summed E-state index contributed by atoms with van der Waals surface area (Å²) >= 11 is 5.67. The number of fused-ring (bicyclic) bond motifs is 1. The highest BCUT2D eigenvalue weighted by Crippen LogP contribution is 2.31. The third-order valence-corrected chi connectivity index (χ3v) is 2.26. The SMILES string of the molecule is O=[N+]([O-])c1nc2c(cc1Cl)OCCC2. The third kappa shape index (κ3) is 1.50. The standard InChI is InChI=1S/C8H7ClN2O3/c9-5-4-7-6(2-1-3-14-7)10-8(5)11(12)13/h4H,1-3H2. The highest BCUT2D eigenvalue weighted by molar-refractivity contribution is 6.32. The lowest BCUT2D eigenvalue weighted by Gasteiger charge is -2.13. The zero-order valence-corrected chi connectivity index (χ0v) is 7.95. The number of rotatable bonds is 1. The summed E-state index contributed by atoms with van der Waals surface area (Å²) in [5.41, 5.74) is 0.618. The molecule has 1 aromatic rings. The summed E-state index contributed by atoms with van der Waals surface area (Å²) in [6.45, 7) is 0.614. The van der Waals surface area contributed by atoms with Crippen molar-refractivity contribution < 1.29 is 9.66 Å². The van der Waals surface area contributed by atoms with Gasteiger partial charge in [0.15, 0.2) is 11.4 Å². The van der Waals surface area contributed by atoms with Gasteiger partial charge in [-0.2, -0.15) is 0 Å². The van der Waals surface area contributed by atoms with Crippen LogP contribution in [0.1, 0.15) is 12.1 Å². The van der Waals surface area contributed by atoms with Crippen molar-refractivity contribution in [3.8, 4) is 5.75 Å². The van der Waals surface area contributed by atoms with Crippen LogP contribution in [0.5, 0.6) is 5.75 Å². The van der Waals surface area contributed by atoms with E-state index in [0.29, 0.717) is 24.5 Å². The molecule has 0 N–H and O–H groups in total. The Morgan fingerprint density at radius 1 is 1.64 bits per heavy atom. The van der Waals surface area contributed by atoms with Crippen LogP contribution in [0.3, 0.4) is 0 Å². The Morgan fingerprint density at radius 2 is 2.43 bits per heavy atom. The molecule has 6 heteroatoms. The molecule has 1 aliphatic rings. The Kier molecular flexibility index (Phi) is 2.25.